The average molecular weight is 457 g/mol. The molecule has 3 heterocycles. The van der Waals surface area contributed by atoms with Gasteiger partial charge in [0.1, 0.15) is 12.0 Å². The SMILES string of the molecule is NC(=O)n1nc(-c2ccc(C=O)cc2)c2c1CCN(c1ccc(N3CCCCC3=O)cc1)C2=O. The van der Waals surface area contributed by atoms with Crippen LogP contribution in [0.5, 0.6) is 0 Å². The second kappa shape index (κ2) is 8.58. The van der Waals surface area contributed by atoms with Gasteiger partial charge in [-0.2, -0.15) is 9.78 Å². The molecule has 0 bridgehead atoms. The van der Waals surface area contributed by atoms with Gasteiger partial charge in [0.15, 0.2) is 0 Å². The summed E-state index contributed by atoms with van der Waals surface area (Å²) in [5, 5.41) is 4.34. The number of benzene rings is 2. The summed E-state index contributed by atoms with van der Waals surface area (Å²) >= 11 is 0. The van der Waals surface area contributed by atoms with Gasteiger partial charge in [0, 0.05) is 48.4 Å². The molecule has 1 saturated heterocycles. The summed E-state index contributed by atoms with van der Waals surface area (Å²) in [6.45, 7) is 1.05. The number of nitrogens with two attached hydrogens (primary N) is 1. The van der Waals surface area contributed by atoms with Crippen LogP contribution in [0.2, 0.25) is 0 Å². The van der Waals surface area contributed by atoms with Crippen molar-refractivity contribution in [3.05, 3.63) is 65.4 Å². The Morgan fingerprint density at radius 2 is 1.56 bits per heavy atom. The Hall–Kier alpha value is -4.27. The second-order valence-corrected chi connectivity index (χ2v) is 8.39. The number of anilines is 2. The van der Waals surface area contributed by atoms with Gasteiger partial charge in [-0.25, -0.2) is 4.79 Å². The van der Waals surface area contributed by atoms with E-state index in [4.69, 9.17) is 5.73 Å². The van der Waals surface area contributed by atoms with Crippen LogP contribution in [0.3, 0.4) is 0 Å². The third kappa shape index (κ3) is 3.64. The van der Waals surface area contributed by atoms with Crippen LogP contribution in [-0.2, 0) is 11.2 Å². The number of rotatable bonds is 4. The van der Waals surface area contributed by atoms with Gasteiger partial charge < -0.3 is 15.5 Å². The van der Waals surface area contributed by atoms with Gasteiger partial charge >= 0.3 is 6.03 Å². The molecule has 172 valence electrons. The van der Waals surface area contributed by atoms with Gasteiger partial charge in [-0.15, -0.1) is 0 Å². The Morgan fingerprint density at radius 1 is 0.882 bits per heavy atom. The largest absolute Gasteiger partial charge is 0.350 e. The number of hydrogen-bond acceptors (Lipinski definition) is 5. The summed E-state index contributed by atoms with van der Waals surface area (Å²) in [6, 6.07) is 13.2. The van der Waals surface area contributed by atoms with Crippen LogP contribution in [-0.4, -0.2) is 47.0 Å². The van der Waals surface area contributed by atoms with Crippen molar-refractivity contribution in [1.82, 2.24) is 9.78 Å². The van der Waals surface area contributed by atoms with E-state index in [2.05, 4.69) is 5.10 Å². The number of carbonyl (C=O) groups is 4. The van der Waals surface area contributed by atoms with E-state index in [1.807, 2.05) is 24.3 Å². The number of primary amides is 1. The Morgan fingerprint density at radius 3 is 2.18 bits per heavy atom. The van der Waals surface area contributed by atoms with E-state index in [0.29, 0.717) is 59.7 Å². The molecule has 0 atom stereocenters. The molecule has 5 rings (SSSR count). The standard InChI is InChI=1S/C25H23N5O4/c26-25(34)30-20-12-14-29(19-10-8-18(9-11-19)28-13-2-1-3-21(28)32)24(33)22(20)23(27-30)17-6-4-16(15-31)5-7-17/h4-11,15H,1-3,12-14H2,(H2,26,34). The molecule has 0 unspecified atom stereocenters. The van der Waals surface area contributed by atoms with Crippen molar-refractivity contribution in [1.29, 1.82) is 0 Å². The number of amides is 3. The maximum atomic E-state index is 13.6. The zero-order chi connectivity index (χ0) is 23.8. The summed E-state index contributed by atoms with van der Waals surface area (Å²) in [6.07, 6.45) is 3.57. The Balaban J connectivity index is 1.50. The van der Waals surface area contributed by atoms with Crippen LogP contribution in [0.25, 0.3) is 11.3 Å². The molecule has 0 aliphatic carbocycles. The van der Waals surface area contributed by atoms with Crippen molar-refractivity contribution in [2.45, 2.75) is 25.7 Å². The van der Waals surface area contributed by atoms with Crippen molar-refractivity contribution >= 4 is 35.5 Å². The number of fused-ring (bicyclic) bond motifs is 1. The molecule has 3 aromatic rings. The number of carbonyl (C=O) groups excluding carboxylic acids is 4. The van der Waals surface area contributed by atoms with E-state index < -0.39 is 6.03 Å². The molecular formula is C25H23N5O4. The molecule has 34 heavy (non-hydrogen) atoms. The highest BCUT2D eigenvalue weighted by molar-refractivity contribution is 6.12. The number of hydrogen-bond donors (Lipinski definition) is 1. The molecule has 9 heteroatoms. The second-order valence-electron chi connectivity index (χ2n) is 8.39. The quantitative estimate of drug-likeness (QED) is 0.604. The molecule has 9 nitrogen and oxygen atoms in total. The molecule has 2 aromatic carbocycles. The van der Waals surface area contributed by atoms with Crippen LogP contribution in [0, 0.1) is 0 Å². The smallest absolute Gasteiger partial charge is 0.339 e. The zero-order valence-corrected chi connectivity index (χ0v) is 18.4. The van der Waals surface area contributed by atoms with Crippen LogP contribution < -0.4 is 15.5 Å². The minimum absolute atomic E-state index is 0.113. The van der Waals surface area contributed by atoms with Gasteiger partial charge in [-0.05, 0) is 37.1 Å². The average Bonchev–Trinajstić information content (AvgIpc) is 3.26. The molecule has 0 spiro atoms. The van der Waals surface area contributed by atoms with Gasteiger partial charge in [0.2, 0.25) is 5.91 Å². The van der Waals surface area contributed by atoms with Crippen molar-refractivity contribution in [2.75, 3.05) is 22.9 Å². The predicted molar refractivity (Wildman–Crippen MR) is 126 cm³/mol. The van der Waals surface area contributed by atoms with E-state index in [1.165, 1.54) is 0 Å². The van der Waals surface area contributed by atoms with Gasteiger partial charge in [-0.1, -0.05) is 24.3 Å². The lowest BCUT2D eigenvalue weighted by Gasteiger charge is -2.29. The summed E-state index contributed by atoms with van der Waals surface area (Å²) < 4.78 is 1.08. The normalized spacial score (nSPS) is 15.9. The summed E-state index contributed by atoms with van der Waals surface area (Å²) in [5.41, 5.74) is 9.27. The summed E-state index contributed by atoms with van der Waals surface area (Å²) in [4.78, 5) is 52.3. The molecule has 1 fully saturated rings. The van der Waals surface area contributed by atoms with Gasteiger partial charge in [-0.3, -0.25) is 14.4 Å². The fraction of sp³-hybridized carbons (Fsp3) is 0.240. The monoisotopic (exact) mass is 457 g/mol. The maximum Gasteiger partial charge on any atom is 0.339 e. The third-order valence-corrected chi connectivity index (χ3v) is 6.34. The number of piperidine rings is 1. The summed E-state index contributed by atoms with van der Waals surface area (Å²) in [5.74, 6) is -0.174. The van der Waals surface area contributed by atoms with E-state index in [-0.39, 0.29) is 11.8 Å². The fourth-order valence-corrected chi connectivity index (χ4v) is 4.60. The molecule has 3 amide bonds. The van der Waals surface area contributed by atoms with Crippen LogP contribution in [0.1, 0.15) is 45.7 Å². The topological polar surface area (TPSA) is 119 Å². The van der Waals surface area contributed by atoms with E-state index in [9.17, 15) is 19.2 Å². The third-order valence-electron chi connectivity index (χ3n) is 6.34. The Labute approximate surface area is 195 Å². The van der Waals surface area contributed by atoms with Crippen molar-refractivity contribution in [3.8, 4) is 11.3 Å². The molecular weight excluding hydrogens is 434 g/mol. The minimum Gasteiger partial charge on any atom is -0.350 e. The predicted octanol–water partition coefficient (Wildman–Crippen LogP) is 3.01. The minimum atomic E-state index is -0.760. The first-order valence-electron chi connectivity index (χ1n) is 11.2. The van der Waals surface area contributed by atoms with Gasteiger partial charge in [0.05, 0.1) is 11.3 Å². The molecule has 2 aliphatic heterocycles. The molecule has 1 aromatic heterocycles. The molecule has 0 saturated carbocycles. The highest BCUT2D eigenvalue weighted by Crippen LogP contribution is 2.33. The molecule has 0 radical (unpaired) electrons. The van der Waals surface area contributed by atoms with Crippen LogP contribution in [0.15, 0.2) is 48.5 Å². The van der Waals surface area contributed by atoms with Crippen LogP contribution in [0.4, 0.5) is 16.2 Å². The van der Waals surface area contributed by atoms with Crippen molar-refractivity contribution in [3.63, 3.8) is 0 Å². The van der Waals surface area contributed by atoms with Crippen molar-refractivity contribution < 1.29 is 19.2 Å². The molecule has 2 N–H and O–H groups in total. The highest BCUT2D eigenvalue weighted by Gasteiger charge is 2.34. The number of aldehydes is 1. The fourth-order valence-electron chi connectivity index (χ4n) is 4.60. The first kappa shape index (κ1) is 21.6. The lowest BCUT2D eigenvalue weighted by Crippen LogP contribution is -2.39. The van der Waals surface area contributed by atoms with Crippen molar-refractivity contribution in [2.24, 2.45) is 5.73 Å². The zero-order valence-electron chi connectivity index (χ0n) is 18.4. The van der Waals surface area contributed by atoms with E-state index in [0.717, 1.165) is 29.5 Å². The summed E-state index contributed by atoms with van der Waals surface area (Å²) in [7, 11) is 0. The molecule has 2 aliphatic rings. The Kier molecular flexibility index (Phi) is 5.45. The van der Waals surface area contributed by atoms with E-state index in [1.54, 1.807) is 34.1 Å². The number of aromatic nitrogens is 2. The maximum absolute atomic E-state index is 13.6. The number of nitrogens with zero attached hydrogens (tertiary/aromatic N) is 4. The van der Waals surface area contributed by atoms with Gasteiger partial charge in [0.25, 0.3) is 5.91 Å². The van der Waals surface area contributed by atoms with Crippen LogP contribution >= 0.6 is 0 Å². The Bertz CT molecular complexity index is 1290. The first-order chi connectivity index (χ1) is 16.5. The lowest BCUT2D eigenvalue weighted by atomic mass is 9.99. The first-order valence-corrected chi connectivity index (χ1v) is 11.2. The lowest BCUT2D eigenvalue weighted by molar-refractivity contribution is -0.119. The highest BCUT2D eigenvalue weighted by atomic mass is 16.2. The van der Waals surface area contributed by atoms with E-state index >= 15 is 0 Å².